The molecule has 0 saturated heterocycles. The van der Waals surface area contributed by atoms with E-state index < -0.39 is 0 Å². The molecule has 11 aromatic carbocycles. The third kappa shape index (κ3) is 4.55. The number of hydrogen-bond donors (Lipinski definition) is 0. The largest absolute Gasteiger partial charge is 0.0619 e. The minimum absolute atomic E-state index is 0.136. The average molecular weight is 747 g/mol. The Bertz CT molecular complexity index is 3600. The van der Waals surface area contributed by atoms with Crippen LogP contribution in [-0.2, 0) is 5.41 Å². The van der Waals surface area contributed by atoms with Gasteiger partial charge in [-0.25, -0.2) is 0 Å². The standard InChI is InChI=1S/C59H38/c1-59(2)54-21-10-9-18-45(54)50-33-52-53(34-55(50)59)57(41-25-23-36-13-4-6-15-38(36)31-41)51-32-39(26-27-49(51)56(52)40-24-22-35-12-3-5-14-37(35)30-40)42-28-29-48-44-17-8-7-16-43(44)47-20-11-19-46(42)58(47)48/h3-34H,1-2H3. The molecular weight excluding hydrogens is 709 g/mol. The third-order valence-electron chi connectivity index (χ3n) is 13.8. The van der Waals surface area contributed by atoms with E-state index in [1.54, 1.807) is 0 Å². The van der Waals surface area contributed by atoms with E-state index >= 15 is 0 Å². The van der Waals surface area contributed by atoms with Crippen molar-refractivity contribution in [3.05, 3.63) is 205 Å². The monoisotopic (exact) mass is 746 g/mol. The lowest BCUT2D eigenvalue weighted by molar-refractivity contribution is 0.661. The summed E-state index contributed by atoms with van der Waals surface area (Å²) in [5.41, 5.74) is 18.2. The maximum absolute atomic E-state index is 2.56. The molecule has 0 spiro atoms. The van der Waals surface area contributed by atoms with Gasteiger partial charge in [0.05, 0.1) is 0 Å². The Kier molecular flexibility index (Phi) is 6.60. The molecule has 0 unspecified atom stereocenters. The summed E-state index contributed by atoms with van der Waals surface area (Å²) < 4.78 is 0. The first-order valence-electron chi connectivity index (χ1n) is 20.8. The molecule has 2 aliphatic carbocycles. The molecule has 11 aromatic rings. The van der Waals surface area contributed by atoms with E-state index in [9.17, 15) is 0 Å². The van der Waals surface area contributed by atoms with Gasteiger partial charge in [0.2, 0.25) is 0 Å². The molecule has 2 aliphatic rings. The van der Waals surface area contributed by atoms with E-state index in [1.807, 2.05) is 0 Å². The van der Waals surface area contributed by atoms with Crippen molar-refractivity contribution in [1.82, 2.24) is 0 Å². The van der Waals surface area contributed by atoms with E-state index in [4.69, 9.17) is 0 Å². The molecule has 0 radical (unpaired) electrons. The Morgan fingerprint density at radius 3 is 1.51 bits per heavy atom. The van der Waals surface area contributed by atoms with Crippen molar-refractivity contribution in [3.63, 3.8) is 0 Å². The lowest BCUT2D eigenvalue weighted by atomic mass is 9.79. The fourth-order valence-corrected chi connectivity index (χ4v) is 11.0. The highest BCUT2D eigenvalue weighted by molar-refractivity contribution is 6.25. The Labute approximate surface area is 343 Å². The summed E-state index contributed by atoms with van der Waals surface area (Å²) in [5, 5.41) is 12.8. The molecule has 0 heteroatoms. The minimum Gasteiger partial charge on any atom is -0.0619 e. The summed E-state index contributed by atoms with van der Waals surface area (Å²) in [7, 11) is 0. The van der Waals surface area contributed by atoms with Crippen LogP contribution >= 0.6 is 0 Å². The smallest absolute Gasteiger partial charge is 0.0159 e. The van der Waals surface area contributed by atoms with Crippen molar-refractivity contribution in [2.24, 2.45) is 0 Å². The number of rotatable bonds is 3. The summed E-state index contributed by atoms with van der Waals surface area (Å²) in [4.78, 5) is 0. The van der Waals surface area contributed by atoms with E-state index in [0.717, 1.165) is 0 Å². The molecular formula is C59H38. The predicted octanol–water partition coefficient (Wildman–Crippen LogP) is 16.4. The SMILES string of the molecule is CC1(C)c2ccccc2-c2cc3c(-c4ccc5ccccc5c4)c4ccc(-c5ccc6c7c(cccc57)-c5ccccc5-6)cc4c(-c4ccc5ccccc5c4)c3cc21. The normalized spacial score (nSPS) is 13.4. The van der Waals surface area contributed by atoms with Crippen LogP contribution in [0, 0.1) is 0 Å². The third-order valence-corrected chi connectivity index (χ3v) is 13.8. The Balaban J connectivity index is 1.18. The molecule has 13 rings (SSSR count). The molecule has 0 atom stereocenters. The van der Waals surface area contributed by atoms with Gasteiger partial charge in [-0.2, -0.15) is 0 Å². The van der Waals surface area contributed by atoms with Crippen LogP contribution in [0.3, 0.4) is 0 Å². The minimum atomic E-state index is -0.136. The Morgan fingerprint density at radius 1 is 0.271 bits per heavy atom. The van der Waals surface area contributed by atoms with E-state index in [0.29, 0.717) is 0 Å². The van der Waals surface area contributed by atoms with E-state index in [2.05, 4.69) is 208 Å². The van der Waals surface area contributed by atoms with Crippen LogP contribution in [0.2, 0.25) is 0 Å². The van der Waals surface area contributed by atoms with Gasteiger partial charge in [-0.3, -0.25) is 0 Å². The fraction of sp³-hybridized carbons (Fsp3) is 0.0508. The second-order valence-electron chi connectivity index (χ2n) is 17.2. The summed E-state index contributed by atoms with van der Waals surface area (Å²) in [6, 6.07) is 73.5. The van der Waals surface area contributed by atoms with Crippen molar-refractivity contribution in [2.75, 3.05) is 0 Å². The van der Waals surface area contributed by atoms with Crippen LogP contribution in [-0.4, -0.2) is 0 Å². The van der Waals surface area contributed by atoms with E-state index in [1.165, 1.54) is 132 Å². The van der Waals surface area contributed by atoms with Gasteiger partial charge in [0.1, 0.15) is 0 Å². The first kappa shape index (κ1) is 32.8. The topological polar surface area (TPSA) is 0 Å². The molecule has 0 fully saturated rings. The lowest BCUT2D eigenvalue weighted by Gasteiger charge is -2.24. The highest BCUT2D eigenvalue weighted by Gasteiger charge is 2.36. The Morgan fingerprint density at radius 2 is 0.797 bits per heavy atom. The molecule has 0 bridgehead atoms. The van der Waals surface area contributed by atoms with Gasteiger partial charge in [0.15, 0.2) is 0 Å². The number of benzene rings is 11. The van der Waals surface area contributed by atoms with Crippen LogP contribution in [0.25, 0.3) is 121 Å². The molecule has 0 heterocycles. The van der Waals surface area contributed by atoms with E-state index in [-0.39, 0.29) is 5.41 Å². The molecule has 274 valence electrons. The first-order chi connectivity index (χ1) is 29.0. The van der Waals surface area contributed by atoms with Crippen molar-refractivity contribution in [2.45, 2.75) is 19.3 Å². The highest BCUT2D eigenvalue weighted by Crippen LogP contribution is 2.54. The zero-order valence-electron chi connectivity index (χ0n) is 33.0. The van der Waals surface area contributed by atoms with Gasteiger partial charge >= 0.3 is 0 Å². The second kappa shape index (κ2) is 11.9. The van der Waals surface area contributed by atoms with Gasteiger partial charge in [-0.05, 0) is 162 Å². The average Bonchev–Trinajstić information content (AvgIpc) is 3.73. The first-order valence-corrected chi connectivity index (χ1v) is 20.8. The summed E-state index contributed by atoms with van der Waals surface area (Å²) in [6.07, 6.45) is 0. The quantitative estimate of drug-likeness (QED) is 0.158. The van der Waals surface area contributed by atoms with Crippen LogP contribution < -0.4 is 0 Å². The lowest BCUT2D eigenvalue weighted by Crippen LogP contribution is -2.14. The molecule has 0 aromatic heterocycles. The van der Waals surface area contributed by atoms with Crippen molar-refractivity contribution in [1.29, 1.82) is 0 Å². The number of fused-ring (bicyclic) bond motifs is 10. The van der Waals surface area contributed by atoms with Crippen LogP contribution in [0.1, 0.15) is 25.0 Å². The van der Waals surface area contributed by atoms with Crippen LogP contribution in [0.15, 0.2) is 194 Å². The van der Waals surface area contributed by atoms with Gasteiger partial charge in [0.25, 0.3) is 0 Å². The molecule has 59 heavy (non-hydrogen) atoms. The van der Waals surface area contributed by atoms with Gasteiger partial charge in [0, 0.05) is 5.41 Å². The summed E-state index contributed by atoms with van der Waals surface area (Å²) >= 11 is 0. The van der Waals surface area contributed by atoms with Crippen molar-refractivity contribution < 1.29 is 0 Å². The Hall–Kier alpha value is -7.28. The van der Waals surface area contributed by atoms with Gasteiger partial charge < -0.3 is 0 Å². The van der Waals surface area contributed by atoms with Crippen LogP contribution in [0.4, 0.5) is 0 Å². The maximum atomic E-state index is 2.56. The molecule has 0 nitrogen and oxygen atoms in total. The van der Waals surface area contributed by atoms with Crippen molar-refractivity contribution >= 4 is 53.9 Å². The summed E-state index contributed by atoms with van der Waals surface area (Å²) in [6.45, 7) is 4.80. The van der Waals surface area contributed by atoms with Gasteiger partial charge in [-0.1, -0.05) is 178 Å². The number of hydrogen-bond acceptors (Lipinski definition) is 0. The maximum Gasteiger partial charge on any atom is 0.0159 e. The second-order valence-corrected chi connectivity index (χ2v) is 17.2. The molecule has 0 N–H and O–H groups in total. The molecule has 0 aliphatic heterocycles. The zero-order chi connectivity index (χ0) is 39.0. The molecule has 0 saturated carbocycles. The fourth-order valence-electron chi connectivity index (χ4n) is 11.0. The van der Waals surface area contributed by atoms with Crippen LogP contribution in [0.5, 0.6) is 0 Å². The zero-order valence-corrected chi connectivity index (χ0v) is 33.0. The van der Waals surface area contributed by atoms with Crippen molar-refractivity contribution in [3.8, 4) is 66.8 Å². The predicted molar refractivity (Wildman–Crippen MR) is 252 cm³/mol. The summed E-state index contributed by atoms with van der Waals surface area (Å²) in [5.74, 6) is 0. The highest BCUT2D eigenvalue weighted by atomic mass is 14.4. The molecule has 0 amide bonds. The van der Waals surface area contributed by atoms with Gasteiger partial charge in [-0.15, -0.1) is 0 Å².